The van der Waals surface area contributed by atoms with Crippen LogP contribution in [0.15, 0.2) is 49.9 Å². The summed E-state index contributed by atoms with van der Waals surface area (Å²) in [6, 6.07) is 5.82. The van der Waals surface area contributed by atoms with Gasteiger partial charge >= 0.3 is 0 Å². The zero-order chi connectivity index (χ0) is 26.5. The van der Waals surface area contributed by atoms with E-state index in [9.17, 15) is 18.0 Å². The summed E-state index contributed by atoms with van der Waals surface area (Å²) >= 11 is 11.4. The topological polar surface area (TPSA) is 154 Å². The average Bonchev–Trinajstić information content (AvgIpc) is 2.73. The van der Waals surface area contributed by atoms with Crippen molar-refractivity contribution in [2.75, 3.05) is 21.1 Å². The van der Waals surface area contributed by atoms with Crippen molar-refractivity contribution >= 4 is 39.1 Å². The predicted octanol–water partition coefficient (Wildman–Crippen LogP) is 2.88. The summed E-state index contributed by atoms with van der Waals surface area (Å²) in [6.07, 6.45) is 1.96. The van der Waals surface area contributed by atoms with Gasteiger partial charge in [-0.05, 0) is 43.2 Å². The molecule has 0 spiro atoms. The number of nitrogens with zero attached hydrogens (tertiary/aromatic N) is 3. The van der Waals surface area contributed by atoms with E-state index in [1.165, 1.54) is 18.2 Å². The average molecular weight is 558 g/mol. The number of aromatic nitrogens is 3. The van der Waals surface area contributed by atoms with Gasteiger partial charge in [0.2, 0.25) is 15.6 Å². The largest absolute Gasteiger partial charge is 0.362 e. The van der Waals surface area contributed by atoms with Gasteiger partial charge in [0.1, 0.15) is 17.2 Å². The van der Waals surface area contributed by atoms with Crippen molar-refractivity contribution in [3.63, 3.8) is 0 Å². The molecule has 0 fully saturated rings. The molecule has 0 radical (unpaired) electrons. The monoisotopic (exact) mass is 556 g/mol. The molecule has 3 aromatic rings. The number of aryl methyl sites for hydroxylation is 1. The van der Waals surface area contributed by atoms with Gasteiger partial charge in [0, 0.05) is 49.9 Å². The first kappa shape index (κ1) is 31.0. The maximum Gasteiger partial charge on any atom is 0.262 e. The Hall–Kier alpha value is -2.99. The van der Waals surface area contributed by atoms with Crippen LogP contribution in [0.2, 0.25) is 10.0 Å². The number of pyridine rings is 1. The number of H-pyrrole nitrogens is 2. The fourth-order valence-corrected chi connectivity index (χ4v) is 4.29. The molecule has 1 aromatic carbocycles. The van der Waals surface area contributed by atoms with Crippen molar-refractivity contribution in [2.45, 2.75) is 32.6 Å². The number of hydrogen-bond donors (Lipinski definition) is 3. The number of primary sulfonamides is 1. The number of aliphatic imine (C=N–C) groups is 1. The first-order valence-corrected chi connectivity index (χ1v) is 12.4. The SMILES string of the molecule is C.CN=C(c1c(C)nc(Cc2cc[nH]c(=O)c2)[nH]c1=O)N(C)C.Cc1c(Cl)cc(S(N)(=O)=O)cc1Cl. The fourth-order valence-electron chi connectivity index (χ4n) is 3.11. The number of amidine groups is 1. The summed E-state index contributed by atoms with van der Waals surface area (Å²) in [5, 5.41) is 5.48. The summed E-state index contributed by atoms with van der Waals surface area (Å²) in [7, 11) is 1.55. The maximum atomic E-state index is 12.4. The third kappa shape index (κ3) is 8.02. The molecule has 0 atom stereocenters. The fraction of sp³-hybridized carbons (Fsp3) is 0.304. The third-order valence-corrected chi connectivity index (χ3v) is 6.48. The molecule has 0 aliphatic heterocycles. The van der Waals surface area contributed by atoms with Crippen LogP contribution in [0.1, 0.15) is 35.6 Å². The lowest BCUT2D eigenvalue weighted by Crippen LogP contribution is -2.32. The lowest BCUT2D eigenvalue weighted by Gasteiger charge is -2.16. The van der Waals surface area contributed by atoms with Crippen LogP contribution in [0.25, 0.3) is 0 Å². The Morgan fingerprint density at radius 2 is 1.72 bits per heavy atom. The molecular weight excluding hydrogens is 527 g/mol. The molecule has 2 aromatic heterocycles. The molecule has 2 heterocycles. The Balaban J connectivity index is 0.000000397. The van der Waals surface area contributed by atoms with Crippen molar-refractivity contribution in [2.24, 2.45) is 10.1 Å². The summed E-state index contributed by atoms with van der Waals surface area (Å²) in [6.45, 7) is 3.47. The highest BCUT2D eigenvalue weighted by atomic mass is 35.5. The molecule has 4 N–H and O–H groups in total. The number of aromatic amines is 2. The number of rotatable bonds is 4. The van der Waals surface area contributed by atoms with Crippen molar-refractivity contribution < 1.29 is 8.42 Å². The summed E-state index contributed by atoms with van der Waals surface area (Å²) in [4.78, 5) is 39.3. The molecule has 3 rings (SSSR count). The lowest BCUT2D eigenvalue weighted by atomic mass is 10.1. The Morgan fingerprint density at radius 1 is 1.14 bits per heavy atom. The van der Waals surface area contributed by atoms with E-state index in [4.69, 9.17) is 28.3 Å². The smallest absolute Gasteiger partial charge is 0.262 e. The van der Waals surface area contributed by atoms with E-state index >= 15 is 0 Å². The number of benzene rings is 1. The number of halogens is 2. The van der Waals surface area contributed by atoms with Crippen LogP contribution >= 0.6 is 23.2 Å². The van der Waals surface area contributed by atoms with Crippen LogP contribution in [-0.2, 0) is 16.4 Å². The van der Waals surface area contributed by atoms with Crippen LogP contribution in [0, 0.1) is 13.8 Å². The zero-order valence-electron chi connectivity index (χ0n) is 19.8. The van der Waals surface area contributed by atoms with Crippen LogP contribution in [-0.4, -0.2) is 55.2 Å². The van der Waals surface area contributed by atoms with E-state index in [0.29, 0.717) is 34.9 Å². The minimum Gasteiger partial charge on any atom is -0.362 e. The normalized spacial score (nSPS) is 11.3. The van der Waals surface area contributed by atoms with Gasteiger partial charge in [-0.1, -0.05) is 30.6 Å². The van der Waals surface area contributed by atoms with Crippen molar-refractivity contribution in [3.8, 4) is 0 Å². The number of nitrogens with two attached hydrogens (primary N) is 1. The number of hydrogen-bond acceptors (Lipinski definition) is 6. The van der Waals surface area contributed by atoms with Crippen molar-refractivity contribution in [1.82, 2.24) is 19.9 Å². The standard InChI is InChI=1S/C15H19N5O2.C7H7Cl2NO2S.CH4/c1-9-13(14(16-2)20(3)4)15(22)19-11(18-9)7-10-5-6-17-12(21)8-10;1-4-6(8)2-5(3-7(4)9)13(10,11)12;/h5-6,8H,7H2,1-4H3,(H,17,21)(H,18,19,22);2-3H,1H3,(H2,10,11,12);1H4. The van der Waals surface area contributed by atoms with Crippen LogP contribution in [0.5, 0.6) is 0 Å². The summed E-state index contributed by atoms with van der Waals surface area (Å²) in [5.41, 5.74) is 2.08. The third-order valence-electron chi connectivity index (χ3n) is 4.80. The molecule has 0 unspecified atom stereocenters. The van der Waals surface area contributed by atoms with E-state index in [0.717, 1.165) is 5.56 Å². The highest BCUT2D eigenvalue weighted by Crippen LogP contribution is 2.27. The van der Waals surface area contributed by atoms with Gasteiger partial charge in [-0.25, -0.2) is 18.5 Å². The molecule has 0 aliphatic rings. The molecule has 0 saturated carbocycles. The Morgan fingerprint density at radius 3 is 2.17 bits per heavy atom. The molecule has 0 amide bonds. The molecule has 0 bridgehead atoms. The Kier molecular flexibility index (Phi) is 11.0. The van der Waals surface area contributed by atoms with E-state index in [-0.39, 0.29) is 33.5 Å². The number of nitrogens with one attached hydrogen (secondary N) is 2. The second kappa shape index (κ2) is 12.8. The van der Waals surface area contributed by atoms with E-state index < -0.39 is 10.0 Å². The minimum absolute atomic E-state index is 0. The molecular formula is C23H30Cl2N6O4S. The van der Waals surface area contributed by atoms with Crippen molar-refractivity contribution in [3.05, 3.63) is 89.4 Å². The van der Waals surface area contributed by atoms with Gasteiger partial charge in [0.15, 0.2) is 0 Å². The second-order valence-electron chi connectivity index (χ2n) is 7.71. The summed E-state index contributed by atoms with van der Waals surface area (Å²) < 4.78 is 21.8. The summed E-state index contributed by atoms with van der Waals surface area (Å²) in [5.74, 6) is 1.10. The highest BCUT2D eigenvalue weighted by Gasteiger charge is 2.16. The van der Waals surface area contributed by atoms with Crippen LogP contribution < -0.4 is 16.3 Å². The zero-order valence-corrected chi connectivity index (χ0v) is 22.1. The van der Waals surface area contributed by atoms with Gasteiger partial charge in [0.25, 0.3) is 5.56 Å². The Labute approximate surface area is 220 Å². The Bertz CT molecular complexity index is 1460. The first-order chi connectivity index (χ1) is 16.2. The molecule has 10 nitrogen and oxygen atoms in total. The van der Waals surface area contributed by atoms with Crippen molar-refractivity contribution in [1.29, 1.82) is 0 Å². The van der Waals surface area contributed by atoms with E-state index in [2.05, 4.69) is 19.9 Å². The van der Waals surface area contributed by atoms with Gasteiger partial charge < -0.3 is 14.9 Å². The maximum absolute atomic E-state index is 12.4. The lowest BCUT2D eigenvalue weighted by molar-refractivity contribution is 0.598. The molecule has 0 aliphatic carbocycles. The first-order valence-electron chi connectivity index (χ1n) is 10.1. The van der Waals surface area contributed by atoms with Gasteiger partial charge in [-0.15, -0.1) is 0 Å². The van der Waals surface area contributed by atoms with Gasteiger partial charge in [-0.2, -0.15) is 0 Å². The van der Waals surface area contributed by atoms with Crippen LogP contribution in [0.3, 0.4) is 0 Å². The molecule has 36 heavy (non-hydrogen) atoms. The highest BCUT2D eigenvalue weighted by molar-refractivity contribution is 7.89. The van der Waals surface area contributed by atoms with Gasteiger partial charge in [0.05, 0.1) is 10.6 Å². The number of sulfonamides is 1. The predicted molar refractivity (Wildman–Crippen MR) is 145 cm³/mol. The second-order valence-corrected chi connectivity index (χ2v) is 10.1. The van der Waals surface area contributed by atoms with E-state index in [1.807, 2.05) is 14.1 Å². The minimum atomic E-state index is -3.73. The van der Waals surface area contributed by atoms with Crippen LogP contribution in [0.4, 0.5) is 0 Å². The molecule has 0 saturated heterocycles. The van der Waals surface area contributed by atoms with E-state index in [1.54, 1.807) is 38.1 Å². The van der Waals surface area contributed by atoms with Gasteiger partial charge in [-0.3, -0.25) is 14.6 Å². The quantitative estimate of drug-likeness (QED) is 0.331. The molecule has 13 heteroatoms. The molecule has 196 valence electrons.